The van der Waals surface area contributed by atoms with Gasteiger partial charge in [0.05, 0.1) is 29.4 Å². The lowest BCUT2D eigenvalue weighted by atomic mass is 10.1. The molecule has 0 saturated carbocycles. The molecule has 1 saturated heterocycles. The van der Waals surface area contributed by atoms with Crippen molar-refractivity contribution < 1.29 is 19.2 Å². The van der Waals surface area contributed by atoms with E-state index in [4.69, 9.17) is 4.74 Å². The minimum atomic E-state index is -0.568. The Balaban J connectivity index is 2.40. The van der Waals surface area contributed by atoms with Crippen LogP contribution in [0.5, 0.6) is 0 Å². The molecule has 112 valence electrons. The molecule has 8 heteroatoms. The Hall–Kier alpha value is -2.48. The highest BCUT2D eigenvalue weighted by Gasteiger charge is 2.23. The predicted molar refractivity (Wildman–Crippen MR) is 74.2 cm³/mol. The molecular formula is C13H15N3O5. The second-order valence-electron chi connectivity index (χ2n) is 4.59. The first-order valence-electron chi connectivity index (χ1n) is 6.41. The summed E-state index contributed by atoms with van der Waals surface area (Å²) in [6.07, 6.45) is 0.426. The monoisotopic (exact) mass is 293 g/mol. The van der Waals surface area contributed by atoms with Gasteiger partial charge < -0.3 is 15.0 Å². The van der Waals surface area contributed by atoms with E-state index in [0.29, 0.717) is 38.3 Å². The third kappa shape index (κ3) is 3.16. The van der Waals surface area contributed by atoms with Crippen LogP contribution in [-0.4, -0.2) is 48.4 Å². The summed E-state index contributed by atoms with van der Waals surface area (Å²) in [5.74, 6) is -0.310. The smallest absolute Gasteiger partial charge is 0.275 e. The van der Waals surface area contributed by atoms with Gasteiger partial charge in [-0.2, -0.15) is 0 Å². The third-order valence-electron chi connectivity index (χ3n) is 3.34. The number of amides is 2. The largest absolute Gasteiger partial charge is 0.378 e. The Morgan fingerprint density at radius 3 is 2.67 bits per heavy atom. The summed E-state index contributed by atoms with van der Waals surface area (Å²) in [7, 11) is 0. The maximum absolute atomic E-state index is 12.4. The second kappa shape index (κ2) is 6.31. The summed E-state index contributed by atoms with van der Waals surface area (Å²) in [5.41, 5.74) is 0.554. The zero-order valence-electron chi connectivity index (χ0n) is 11.5. The SMILES string of the molecule is Cc1c(NC=O)cc(C(=O)N2CCOCC2)cc1[N+](=O)[O-]. The van der Waals surface area contributed by atoms with Crippen LogP contribution in [0.2, 0.25) is 0 Å². The fourth-order valence-corrected chi connectivity index (χ4v) is 2.17. The van der Waals surface area contributed by atoms with E-state index in [1.807, 2.05) is 0 Å². The molecule has 1 heterocycles. The van der Waals surface area contributed by atoms with Crippen molar-refractivity contribution in [3.8, 4) is 0 Å². The molecule has 0 atom stereocenters. The number of morpholine rings is 1. The lowest BCUT2D eigenvalue weighted by molar-refractivity contribution is -0.385. The Labute approximate surface area is 120 Å². The lowest BCUT2D eigenvalue weighted by Gasteiger charge is -2.27. The fourth-order valence-electron chi connectivity index (χ4n) is 2.17. The van der Waals surface area contributed by atoms with Crippen molar-refractivity contribution >= 4 is 23.7 Å². The summed E-state index contributed by atoms with van der Waals surface area (Å²) in [4.78, 5) is 35.0. The Morgan fingerprint density at radius 2 is 2.10 bits per heavy atom. The number of nitro groups is 1. The van der Waals surface area contributed by atoms with E-state index in [1.54, 1.807) is 4.90 Å². The van der Waals surface area contributed by atoms with Gasteiger partial charge in [0.15, 0.2) is 0 Å². The minimum absolute atomic E-state index is 0.179. The molecule has 21 heavy (non-hydrogen) atoms. The number of carbonyl (C=O) groups excluding carboxylic acids is 2. The molecule has 2 amide bonds. The maximum Gasteiger partial charge on any atom is 0.275 e. The van der Waals surface area contributed by atoms with Gasteiger partial charge in [-0.1, -0.05) is 0 Å². The molecule has 0 aliphatic carbocycles. The third-order valence-corrected chi connectivity index (χ3v) is 3.34. The summed E-state index contributed by atoms with van der Waals surface area (Å²) in [6.45, 7) is 3.29. The topological polar surface area (TPSA) is 102 Å². The molecule has 1 aromatic rings. The van der Waals surface area contributed by atoms with Crippen LogP contribution in [0.15, 0.2) is 12.1 Å². The molecule has 1 aliphatic heterocycles. The van der Waals surface area contributed by atoms with Crippen LogP contribution in [0, 0.1) is 17.0 Å². The lowest BCUT2D eigenvalue weighted by Crippen LogP contribution is -2.40. The van der Waals surface area contributed by atoms with Crippen LogP contribution >= 0.6 is 0 Å². The molecule has 0 spiro atoms. The van der Waals surface area contributed by atoms with Crippen LogP contribution in [-0.2, 0) is 9.53 Å². The molecule has 0 bridgehead atoms. The Bertz CT molecular complexity index is 581. The standard InChI is InChI=1S/C13H15N3O5/c1-9-11(14-8-17)6-10(7-12(9)16(19)20)13(18)15-2-4-21-5-3-15/h6-8H,2-5H2,1H3,(H,14,17). The van der Waals surface area contributed by atoms with Gasteiger partial charge in [-0.3, -0.25) is 19.7 Å². The van der Waals surface area contributed by atoms with Crippen LogP contribution in [0.25, 0.3) is 0 Å². The van der Waals surface area contributed by atoms with Crippen molar-refractivity contribution in [1.29, 1.82) is 0 Å². The van der Waals surface area contributed by atoms with Crippen LogP contribution in [0.1, 0.15) is 15.9 Å². The molecule has 8 nitrogen and oxygen atoms in total. The van der Waals surface area contributed by atoms with Crippen molar-refractivity contribution in [2.24, 2.45) is 0 Å². The zero-order valence-corrected chi connectivity index (χ0v) is 11.5. The minimum Gasteiger partial charge on any atom is -0.378 e. The molecule has 1 aromatic carbocycles. The van der Waals surface area contributed by atoms with Gasteiger partial charge in [0.1, 0.15) is 0 Å². The number of anilines is 1. The average molecular weight is 293 g/mol. The van der Waals surface area contributed by atoms with Gasteiger partial charge in [0.2, 0.25) is 6.41 Å². The first-order chi connectivity index (χ1) is 10.0. The van der Waals surface area contributed by atoms with E-state index < -0.39 is 4.92 Å². The van der Waals surface area contributed by atoms with E-state index in [2.05, 4.69) is 5.32 Å². The van der Waals surface area contributed by atoms with Gasteiger partial charge in [0, 0.05) is 24.7 Å². The average Bonchev–Trinajstić information content (AvgIpc) is 2.49. The highest BCUT2D eigenvalue weighted by Crippen LogP contribution is 2.28. The number of hydrogen-bond donors (Lipinski definition) is 1. The normalized spacial score (nSPS) is 14.6. The van der Waals surface area contributed by atoms with Crippen LogP contribution in [0.3, 0.4) is 0 Å². The highest BCUT2D eigenvalue weighted by atomic mass is 16.6. The predicted octanol–water partition coefficient (Wildman–Crippen LogP) is 0.944. The molecule has 0 radical (unpaired) electrons. The first-order valence-corrected chi connectivity index (χ1v) is 6.41. The molecule has 1 aliphatic rings. The van der Waals surface area contributed by atoms with E-state index >= 15 is 0 Å². The maximum atomic E-state index is 12.4. The van der Waals surface area contributed by atoms with Crippen molar-refractivity contribution in [2.75, 3.05) is 31.6 Å². The van der Waals surface area contributed by atoms with Crippen LogP contribution in [0.4, 0.5) is 11.4 Å². The molecular weight excluding hydrogens is 278 g/mol. The van der Waals surface area contributed by atoms with E-state index in [1.165, 1.54) is 19.1 Å². The van der Waals surface area contributed by atoms with Crippen molar-refractivity contribution in [3.63, 3.8) is 0 Å². The van der Waals surface area contributed by atoms with Gasteiger partial charge in [-0.25, -0.2) is 0 Å². The molecule has 0 aromatic heterocycles. The first kappa shape index (κ1) is 14.9. The molecule has 1 N–H and O–H groups in total. The number of benzene rings is 1. The van der Waals surface area contributed by atoms with E-state index in [9.17, 15) is 19.7 Å². The van der Waals surface area contributed by atoms with Gasteiger partial charge in [-0.15, -0.1) is 0 Å². The molecule has 1 fully saturated rings. The van der Waals surface area contributed by atoms with Crippen molar-refractivity contribution in [3.05, 3.63) is 33.4 Å². The zero-order chi connectivity index (χ0) is 15.4. The second-order valence-corrected chi connectivity index (χ2v) is 4.59. The number of nitrogens with one attached hydrogen (secondary N) is 1. The number of ether oxygens (including phenoxy) is 1. The molecule has 0 unspecified atom stereocenters. The highest BCUT2D eigenvalue weighted by molar-refractivity contribution is 5.97. The van der Waals surface area contributed by atoms with Gasteiger partial charge in [-0.05, 0) is 13.0 Å². The number of hydrogen-bond acceptors (Lipinski definition) is 5. The Kier molecular flexibility index (Phi) is 4.49. The van der Waals surface area contributed by atoms with Crippen molar-refractivity contribution in [1.82, 2.24) is 4.90 Å². The van der Waals surface area contributed by atoms with Crippen LogP contribution < -0.4 is 5.32 Å². The summed E-state index contributed by atoms with van der Waals surface area (Å²) >= 11 is 0. The number of nitrogens with zero attached hydrogens (tertiary/aromatic N) is 2. The van der Waals surface area contributed by atoms with Gasteiger partial charge in [0.25, 0.3) is 11.6 Å². The summed E-state index contributed by atoms with van der Waals surface area (Å²) in [6, 6.07) is 2.69. The van der Waals surface area contributed by atoms with E-state index in [0.717, 1.165) is 0 Å². The quantitative estimate of drug-likeness (QED) is 0.506. The Morgan fingerprint density at radius 1 is 1.43 bits per heavy atom. The van der Waals surface area contributed by atoms with Crippen molar-refractivity contribution in [2.45, 2.75) is 6.92 Å². The summed E-state index contributed by atoms with van der Waals surface area (Å²) in [5, 5.41) is 13.5. The van der Waals surface area contributed by atoms with Gasteiger partial charge >= 0.3 is 0 Å². The number of rotatable bonds is 4. The number of carbonyl (C=O) groups is 2. The number of nitro benzene ring substituents is 1. The molecule has 2 rings (SSSR count). The fraction of sp³-hybridized carbons (Fsp3) is 0.385. The van der Waals surface area contributed by atoms with E-state index in [-0.39, 0.29) is 22.8 Å². The summed E-state index contributed by atoms with van der Waals surface area (Å²) < 4.78 is 5.17.